The molecule has 1 aromatic rings. The van der Waals surface area contributed by atoms with E-state index in [1.807, 2.05) is 4.90 Å². The molecule has 2 aliphatic heterocycles. The third-order valence-corrected chi connectivity index (χ3v) is 7.81. The van der Waals surface area contributed by atoms with Crippen LogP contribution in [0.15, 0.2) is 24.3 Å². The van der Waals surface area contributed by atoms with Crippen LogP contribution in [-0.4, -0.2) is 68.6 Å². The van der Waals surface area contributed by atoms with Crippen LogP contribution >= 0.6 is 0 Å². The van der Waals surface area contributed by atoms with Crippen molar-refractivity contribution in [2.45, 2.75) is 38.1 Å². The summed E-state index contributed by atoms with van der Waals surface area (Å²) >= 11 is 0. The Kier molecular flexibility index (Phi) is 4.92. The van der Waals surface area contributed by atoms with Gasteiger partial charge in [-0.2, -0.15) is 0 Å². The number of piperazine rings is 1. The molecule has 142 valence electrons. The van der Waals surface area contributed by atoms with Crippen LogP contribution in [0.1, 0.15) is 42.5 Å². The maximum absolute atomic E-state index is 12.8. The summed E-state index contributed by atoms with van der Waals surface area (Å²) in [6.45, 7) is 3.99. The fourth-order valence-electron chi connectivity index (χ4n) is 4.44. The fraction of sp³-hybridized carbons (Fsp3) is 0.632. The average molecular weight is 378 g/mol. The van der Waals surface area contributed by atoms with Crippen molar-refractivity contribution >= 4 is 21.6 Å². The number of carbonyl (C=O) groups is 1. The molecule has 0 spiro atoms. The summed E-state index contributed by atoms with van der Waals surface area (Å²) in [6, 6.07) is 7.74. The van der Waals surface area contributed by atoms with E-state index in [0.29, 0.717) is 30.3 Å². The van der Waals surface area contributed by atoms with Gasteiger partial charge < -0.3 is 4.90 Å². The Labute approximate surface area is 155 Å². The van der Waals surface area contributed by atoms with Crippen molar-refractivity contribution in [2.75, 3.05) is 42.8 Å². The largest absolute Gasteiger partial charge is 0.336 e. The molecular weight excluding hydrogens is 350 g/mol. The Morgan fingerprint density at radius 2 is 1.54 bits per heavy atom. The molecule has 4 rings (SSSR count). The predicted molar refractivity (Wildman–Crippen MR) is 102 cm³/mol. The molecule has 0 aromatic heterocycles. The SMILES string of the molecule is O=C(c1ccc(N2CCCS2(=O)=O)cc1)N1CCN(C2CCCC2)CC1. The molecule has 3 fully saturated rings. The molecule has 0 atom stereocenters. The van der Waals surface area contributed by atoms with Gasteiger partial charge in [0.15, 0.2) is 0 Å². The molecule has 1 saturated carbocycles. The molecule has 7 heteroatoms. The minimum absolute atomic E-state index is 0.0481. The second-order valence-electron chi connectivity index (χ2n) is 7.56. The highest BCUT2D eigenvalue weighted by Gasteiger charge is 2.30. The van der Waals surface area contributed by atoms with Crippen LogP contribution in [0.4, 0.5) is 5.69 Å². The summed E-state index contributed by atoms with van der Waals surface area (Å²) in [6.07, 6.45) is 5.93. The Hall–Kier alpha value is -1.60. The van der Waals surface area contributed by atoms with E-state index < -0.39 is 10.0 Å². The quantitative estimate of drug-likeness (QED) is 0.808. The predicted octanol–water partition coefficient (Wildman–Crippen LogP) is 1.93. The third-order valence-electron chi connectivity index (χ3n) is 5.94. The van der Waals surface area contributed by atoms with Gasteiger partial charge in [0.25, 0.3) is 5.91 Å². The van der Waals surface area contributed by atoms with E-state index in [1.54, 1.807) is 24.3 Å². The van der Waals surface area contributed by atoms with Gasteiger partial charge in [-0.05, 0) is 43.5 Å². The van der Waals surface area contributed by atoms with Crippen molar-refractivity contribution < 1.29 is 13.2 Å². The van der Waals surface area contributed by atoms with Gasteiger partial charge in [-0.1, -0.05) is 12.8 Å². The maximum Gasteiger partial charge on any atom is 0.253 e. The van der Waals surface area contributed by atoms with Crippen LogP contribution in [0.3, 0.4) is 0 Å². The highest BCUT2D eigenvalue weighted by Crippen LogP contribution is 2.26. The lowest BCUT2D eigenvalue weighted by Crippen LogP contribution is -2.51. The van der Waals surface area contributed by atoms with Crippen LogP contribution in [0.25, 0.3) is 0 Å². The molecule has 0 N–H and O–H groups in total. The van der Waals surface area contributed by atoms with E-state index in [2.05, 4.69) is 4.90 Å². The van der Waals surface area contributed by atoms with Crippen molar-refractivity contribution in [3.63, 3.8) is 0 Å². The number of rotatable bonds is 3. The van der Waals surface area contributed by atoms with E-state index in [9.17, 15) is 13.2 Å². The molecule has 2 heterocycles. The summed E-state index contributed by atoms with van der Waals surface area (Å²) in [5.41, 5.74) is 1.30. The zero-order chi connectivity index (χ0) is 18.1. The fourth-order valence-corrected chi connectivity index (χ4v) is 6.01. The van der Waals surface area contributed by atoms with Crippen LogP contribution < -0.4 is 4.31 Å². The van der Waals surface area contributed by atoms with Gasteiger partial charge in [-0.25, -0.2) is 8.42 Å². The summed E-state index contributed by atoms with van der Waals surface area (Å²) in [5.74, 6) is 0.255. The van der Waals surface area contributed by atoms with Gasteiger partial charge in [0.1, 0.15) is 0 Å². The Morgan fingerprint density at radius 3 is 2.12 bits per heavy atom. The summed E-state index contributed by atoms with van der Waals surface area (Å²) < 4.78 is 25.5. The van der Waals surface area contributed by atoms with Crippen molar-refractivity contribution in [1.29, 1.82) is 0 Å². The average Bonchev–Trinajstić information content (AvgIpc) is 3.31. The van der Waals surface area contributed by atoms with Gasteiger partial charge in [0.05, 0.1) is 11.4 Å². The number of carbonyl (C=O) groups excluding carboxylic acids is 1. The van der Waals surface area contributed by atoms with Crippen LogP contribution in [0.2, 0.25) is 0 Å². The number of hydrogen-bond acceptors (Lipinski definition) is 4. The lowest BCUT2D eigenvalue weighted by atomic mass is 10.1. The molecule has 3 aliphatic rings. The first-order chi connectivity index (χ1) is 12.5. The molecule has 1 aliphatic carbocycles. The van der Waals surface area contributed by atoms with Crippen molar-refractivity contribution in [3.8, 4) is 0 Å². The lowest BCUT2D eigenvalue weighted by Gasteiger charge is -2.38. The summed E-state index contributed by atoms with van der Waals surface area (Å²) in [4.78, 5) is 17.2. The minimum atomic E-state index is -3.18. The first-order valence-electron chi connectivity index (χ1n) is 9.68. The van der Waals surface area contributed by atoms with Crippen LogP contribution in [-0.2, 0) is 10.0 Å². The van der Waals surface area contributed by atoms with E-state index in [1.165, 1.54) is 30.0 Å². The number of benzene rings is 1. The molecule has 0 bridgehead atoms. The van der Waals surface area contributed by atoms with E-state index in [4.69, 9.17) is 0 Å². The molecular formula is C19H27N3O3S. The number of anilines is 1. The van der Waals surface area contributed by atoms with Gasteiger partial charge in [0.2, 0.25) is 10.0 Å². The Bertz CT molecular complexity index is 749. The van der Waals surface area contributed by atoms with Gasteiger partial charge in [0, 0.05) is 44.3 Å². The second-order valence-corrected chi connectivity index (χ2v) is 9.57. The highest BCUT2D eigenvalue weighted by molar-refractivity contribution is 7.93. The van der Waals surface area contributed by atoms with Crippen molar-refractivity contribution in [1.82, 2.24) is 9.80 Å². The van der Waals surface area contributed by atoms with E-state index in [0.717, 1.165) is 26.2 Å². The Balaban J connectivity index is 1.38. The summed E-state index contributed by atoms with van der Waals surface area (Å²) in [7, 11) is -3.18. The van der Waals surface area contributed by atoms with Crippen molar-refractivity contribution in [2.24, 2.45) is 0 Å². The zero-order valence-corrected chi connectivity index (χ0v) is 16.0. The van der Waals surface area contributed by atoms with Crippen molar-refractivity contribution in [3.05, 3.63) is 29.8 Å². The second kappa shape index (κ2) is 7.19. The first kappa shape index (κ1) is 17.8. The number of amides is 1. The zero-order valence-electron chi connectivity index (χ0n) is 15.1. The normalized spacial score (nSPS) is 24.3. The molecule has 26 heavy (non-hydrogen) atoms. The molecule has 1 amide bonds. The maximum atomic E-state index is 12.8. The van der Waals surface area contributed by atoms with Gasteiger partial charge >= 0.3 is 0 Å². The van der Waals surface area contributed by atoms with Crippen LogP contribution in [0.5, 0.6) is 0 Å². The third kappa shape index (κ3) is 3.47. The topological polar surface area (TPSA) is 60.9 Å². The first-order valence-corrected chi connectivity index (χ1v) is 11.3. The molecule has 2 saturated heterocycles. The Morgan fingerprint density at radius 1 is 0.885 bits per heavy atom. The van der Waals surface area contributed by atoms with Gasteiger partial charge in [-0.15, -0.1) is 0 Å². The monoisotopic (exact) mass is 377 g/mol. The molecule has 6 nitrogen and oxygen atoms in total. The summed E-state index contributed by atoms with van der Waals surface area (Å²) in [5, 5.41) is 0. The highest BCUT2D eigenvalue weighted by atomic mass is 32.2. The molecule has 0 radical (unpaired) electrons. The lowest BCUT2D eigenvalue weighted by molar-refractivity contribution is 0.0573. The van der Waals surface area contributed by atoms with E-state index >= 15 is 0 Å². The molecule has 0 unspecified atom stereocenters. The number of nitrogens with zero attached hydrogens (tertiary/aromatic N) is 3. The number of sulfonamides is 1. The standard InChI is InChI=1S/C19H27N3O3S/c23-19(21-13-11-20(12-14-21)17-4-1-2-5-17)16-6-8-18(9-7-16)22-10-3-15-26(22,24)25/h6-9,17H,1-5,10-15H2. The smallest absolute Gasteiger partial charge is 0.253 e. The molecule has 1 aromatic carbocycles. The number of hydrogen-bond donors (Lipinski definition) is 0. The van der Waals surface area contributed by atoms with Gasteiger partial charge in [-0.3, -0.25) is 14.0 Å². The minimum Gasteiger partial charge on any atom is -0.336 e. The van der Waals surface area contributed by atoms with E-state index in [-0.39, 0.29) is 11.7 Å². The van der Waals surface area contributed by atoms with Crippen LogP contribution in [0, 0.1) is 0 Å².